The summed E-state index contributed by atoms with van der Waals surface area (Å²) in [5, 5.41) is 3.47. The van der Waals surface area contributed by atoms with Crippen molar-refractivity contribution in [1.29, 1.82) is 0 Å². The van der Waals surface area contributed by atoms with E-state index in [0.29, 0.717) is 12.6 Å². The minimum absolute atomic E-state index is 0.0544. The number of nitrogens with one attached hydrogen (secondary N) is 2. The van der Waals surface area contributed by atoms with E-state index in [1.807, 2.05) is 26.8 Å². The number of rotatable bonds is 8. The Morgan fingerprint density at radius 3 is 2.57 bits per heavy atom. The number of hydrogen-bond donors (Lipinski definition) is 2. The van der Waals surface area contributed by atoms with E-state index in [1.165, 1.54) is 12.8 Å². The predicted octanol–water partition coefficient (Wildman–Crippen LogP) is 2.05. The second kappa shape index (κ2) is 6.42. The molecule has 1 aromatic heterocycles. The molecular weight excluding hydrogens is 286 g/mol. The predicted molar refractivity (Wildman–Crippen MR) is 83.4 cm³/mol. The molecule has 0 atom stereocenters. The quantitative estimate of drug-likeness (QED) is 0.771. The normalized spacial score (nSPS) is 16.1. The van der Waals surface area contributed by atoms with Crippen LogP contribution in [0.15, 0.2) is 23.4 Å². The van der Waals surface area contributed by atoms with Gasteiger partial charge in [-0.25, -0.2) is 18.1 Å². The molecule has 1 aliphatic carbocycles. The molecule has 1 fully saturated rings. The summed E-state index contributed by atoms with van der Waals surface area (Å²) in [6.07, 6.45) is 5.01. The third kappa shape index (κ3) is 5.05. The maximum Gasteiger partial charge on any atom is 0.258 e. The van der Waals surface area contributed by atoms with Gasteiger partial charge in [-0.05, 0) is 36.3 Å². The van der Waals surface area contributed by atoms with E-state index < -0.39 is 10.0 Å². The molecule has 1 aromatic rings. The second-order valence-electron chi connectivity index (χ2n) is 6.50. The Labute approximate surface area is 127 Å². The standard InChI is InChI=1S/C15H25N3O2S/c1-4-15(2,3)11-18-21(19,20)14-8-5-12(10-17-14)9-16-13-6-7-13/h5,8,10,13,16,18H,4,6-7,9,11H2,1-3H3. The SMILES string of the molecule is CCC(C)(C)CNS(=O)(=O)c1ccc(CNC2CC2)cn1. The summed E-state index contributed by atoms with van der Waals surface area (Å²) >= 11 is 0. The fourth-order valence-electron chi connectivity index (χ4n) is 1.71. The molecule has 118 valence electrons. The van der Waals surface area contributed by atoms with Crippen LogP contribution in [-0.4, -0.2) is 26.0 Å². The van der Waals surface area contributed by atoms with Gasteiger partial charge in [0.2, 0.25) is 0 Å². The van der Waals surface area contributed by atoms with Crippen LogP contribution in [0.4, 0.5) is 0 Å². The molecule has 2 N–H and O–H groups in total. The van der Waals surface area contributed by atoms with E-state index in [-0.39, 0.29) is 10.4 Å². The Kier molecular flexibility index (Phi) is 5.01. The van der Waals surface area contributed by atoms with Gasteiger partial charge >= 0.3 is 0 Å². The van der Waals surface area contributed by atoms with Crippen LogP contribution in [0.5, 0.6) is 0 Å². The zero-order chi connectivity index (χ0) is 15.5. The highest BCUT2D eigenvalue weighted by atomic mass is 32.2. The molecule has 0 aromatic carbocycles. The molecule has 0 spiro atoms. The Bertz CT molecular complexity index is 563. The average molecular weight is 311 g/mol. The van der Waals surface area contributed by atoms with Gasteiger partial charge < -0.3 is 5.32 Å². The Morgan fingerprint density at radius 1 is 1.33 bits per heavy atom. The third-order valence-corrected chi connectivity index (χ3v) is 5.26. The first-order valence-electron chi connectivity index (χ1n) is 7.50. The Hall–Kier alpha value is -0.980. The molecule has 5 nitrogen and oxygen atoms in total. The summed E-state index contributed by atoms with van der Waals surface area (Å²) in [5.41, 5.74) is 0.955. The van der Waals surface area contributed by atoms with Gasteiger partial charge in [-0.3, -0.25) is 0 Å². The number of sulfonamides is 1. The van der Waals surface area contributed by atoms with Crippen LogP contribution in [0.25, 0.3) is 0 Å². The maximum atomic E-state index is 12.2. The van der Waals surface area contributed by atoms with E-state index in [1.54, 1.807) is 12.3 Å². The zero-order valence-electron chi connectivity index (χ0n) is 13.0. The van der Waals surface area contributed by atoms with E-state index in [4.69, 9.17) is 0 Å². The molecule has 0 unspecified atom stereocenters. The minimum atomic E-state index is -3.52. The Morgan fingerprint density at radius 2 is 2.05 bits per heavy atom. The minimum Gasteiger partial charge on any atom is -0.310 e. The summed E-state index contributed by atoms with van der Waals surface area (Å²) < 4.78 is 27.0. The lowest BCUT2D eigenvalue weighted by atomic mass is 9.91. The lowest BCUT2D eigenvalue weighted by Crippen LogP contribution is -2.34. The molecule has 1 heterocycles. The molecule has 1 aliphatic rings. The van der Waals surface area contributed by atoms with Gasteiger partial charge in [-0.2, -0.15) is 0 Å². The molecule has 6 heteroatoms. The first-order chi connectivity index (χ1) is 9.82. The topological polar surface area (TPSA) is 71.1 Å². The third-order valence-electron chi connectivity index (χ3n) is 3.94. The van der Waals surface area contributed by atoms with Gasteiger partial charge in [-0.1, -0.05) is 26.8 Å². The lowest BCUT2D eigenvalue weighted by molar-refractivity contribution is 0.350. The van der Waals surface area contributed by atoms with Crippen LogP contribution in [0.1, 0.15) is 45.6 Å². The van der Waals surface area contributed by atoms with Crippen molar-refractivity contribution in [3.63, 3.8) is 0 Å². The lowest BCUT2D eigenvalue weighted by Gasteiger charge is -2.22. The Balaban J connectivity index is 1.95. The molecule has 0 saturated heterocycles. The highest BCUT2D eigenvalue weighted by molar-refractivity contribution is 7.89. The van der Waals surface area contributed by atoms with Gasteiger partial charge in [-0.15, -0.1) is 0 Å². The highest BCUT2D eigenvalue weighted by Crippen LogP contribution is 2.20. The molecule has 0 radical (unpaired) electrons. The van der Waals surface area contributed by atoms with Gasteiger partial charge in [0, 0.05) is 25.3 Å². The van der Waals surface area contributed by atoms with Crippen molar-refractivity contribution in [3.05, 3.63) is 23.9 Å². The van der Waals surface area contributed by atoms with Crippen LogP contribution in [0.2, 0.25) is 0 Å². The largest absolute Gasteiger partial charge is 0.310 e. The monoisotopic (exact) mass is 311 g/mol. The smallest absolute Gasteiger partial charge is 0.258 e. The summed E-state index contributed by atoms with van der Waals surface area (Å²) in [7, 11) is -3.52. The van der Waals surface area contributed by atoms with Crippen LogP contribution < -0.4 is 10.0 Å². The summed E-state index contributed by atoms with van der Waals surface area (Å²) in [4.78, 5) is 4.08. The van der Waals surface area contributed by atoms with E-state index in [9.17, 15) is 8.42 Å². The maximum absolute atomic E-state index is 12.2. The molecule has 1 saturated carbocycles. The summed E-state index contributed by atoms with van der Waals surface area (Å²) in [6.45, 7) is 7.28. The van der Waals surface area contributed by atoms with Crippen molar-refractivity contribution < 1.29 is 8.42 Å². The van der Waals surface area contributed by atoms with Crippen molar-refractivity contribution >= 4 is 10.0 Å². The van der Waals surface area contributed by atoms with E-state index in [2.05, 4.69) is 15.0 Å². The van der Waals surface area contributed by atoms with Crippen molar-refractivity contribution in [1.82, 2.24) is 15.0 Å². The molecule has 0 amide bonds. The first kappa shape index (κ1) is 16.4. The molecular formula is C15H25N3O2S. The van der Waals surface area contributed by atoms with E-state index in [0.717, 1.165) is 18.5 Å². The number of hydrogen-bond acceptors (Lipinski definition) is 4. The van der Waals surface area contributed by atoms with Gasteiger partial charge in [0.15, 0.2) is 5.03 Å². The summed E-state index contributed by atoms with van der Waals surface area (Å²) in [5.74, 6) is 0. The molecule has 0 aliphatic heterocycles. The van der Waals surface area contributed by atoms with Crippen LogP contribution in [0, 0.1) is 5.41 Å². The van der Waals surface area contributed by atoms with Gasteiger partial charge in [0.25, 0.3) is 10.0 Å². The van der Waals surface area contributed by atoms with Crippen molar-refractivity contribution in [2.24, 2.45) is 5.41 Å². The molecule has 21 heavy (non-hydrogen) atoms. The van der Waals surface area contributed by atoms with Crippen LogP contribution in [0.3, 0.4) is 0 Å². The zero-order valence-corrected chi connectivity index (χ0v) is 13.8. The first-order valence-corrected chi connectivity index (χ1v) is 8.99. The second-order valence-corrected chi connectivity index (χ2v) is 8.22. The fourth-order valence-corrected chi connectivity index (χ4v) is 2.88. The van der Waals surface area contributed by atoms with Crippen LogP contribution in [-0.2, 0) is 16.6 Å². The van der Waals surface area contributed by atoms with Crippen molar-refractivity contribution in [3.8, 4) is 0 Å². The van der Waals surface area contributed by atoms with Crippen molar-refractivity contribution in [2.75, 3.05) is 6.54 Å². The molecule has 2 rings (SSSR count). The molecule has 0 bridgehead atoms. The van der Waals surface area contributed by atoms with Gasteiger partial charge in [0.05, 0.1) is 0 Å². The number of nitrogens with zero attached hydrogens (tertiary/aromatic N) is 1. The van der Waals surface area contributed by atoms with Crippen LogP contribution >= 0.6 is 0 Å². The fraction of sp³-hybridized carbons (Fsp3) is 0.667. The highest BCUT2D eigenvalue weighted by Gasteiger charge is 2.22. The van der Waals surface area contributed by atoms with Crippen molar-refractivity contribution in [2.45, 2.75) is 57.6 Å². The average Bonchev–Trinajstić information content (AvgIpc) is 3.28. The number of pyridine rings is 1. The van der Waals surface area contributed by atoms with Gasteiger partial charge in [0.1, 0.15) is 0 Å². The van der Waals surface area contributed by atoms with E-state index >= 15 is 0 Å². The summed E-state index contributed by atoms with van der Waals surface area (Å²) in [6, 6.07) is 4.03. The number of aromatic nitrogens is 1.